The maximum Gasteiger partial charge on any atom is 0.206 e. The Balaban J connectivity index is 2.11. The Labute approximate surface area is 99.0 Å². The molecule has 0 aliphatic carbocycles. The number of rotatable bonds is 3. The van der Waals surface area contributed by atoms with Crippen LogP contribution in [0.1, 0.15) is 18.4 Å². The molecule has 1 aromatic rings. The first-order chi connectivity index (χ1) is 7.57. The van der Waals surface area contributed by atoms with Gasteiger partial charge in [-0.1, -0.05) is 30.3 Å². The van der Waals surface area contributed by atoms with Gasteiger partial charge >= 0.3 is 0 Å². The smallest absolute Gasteiger partial charge is 0.206 e. The van der Waals surface area contributed by atoms with Crippen LogP contribution in [0.25, 0.3) is 0 Å². The van der Waals surface area contributed by atoms with Gasteiger partial charge in [-0.25, -0.2) is 8.42 Å². The summed E-state index contributed by atoms with van der Waals surface area (Å²) in [6.07, 6.45) is 1.41. The van der Waals surface area contributed by atoms with E-state index in [0.29, 0.717) is 6.42 Å². The molecule has 0 radical (unpaired) electrons. The van der Waals surface area contributed by atoms with Gasteiger partial charge in [0, 0.05) is 22.9 Å². The predicted molar refractivity (Wildman–Crippen MR) is 65.1 cm³/mol. The molecule has 1 aromatic carbocycles. The quantitative estimate of drug-likeness (QED) is 0.609. The van der Waals surface area contributed by atoms with Gasteiger partial charge in [0.1, 0.15) is 21.6 Å². The van der Waals surface area contributed by atoms with E-state index >= 15 is 0 Å². The van der Waals surface area contributed by atoms with E-state index in [0.717, 1.165) is 23.5 Å². The van der Waals surface area contributed by atoms with E-state index in [1.54, 1.807) is 0 Å². The standard InChI is InChI=1S/C11H14O3S2/c12-16(13,14)11-7-4-8-15(11)9-10-5-2-1-3-6-10/h1-3,5-6,11H,4,7-9H2. The van der Waals surface area contributed by atoms with Crippen molar-refractivity contribution in [2.45, 2.75) is 23.2 Å². The van der Waals surface area contributed by atoms with Crippen molar-refractivity contribution in [1.29, 1.82) is 0 Å². The van der Waals surface area contributed by atoms with Gasteiger partial charge < -0.3 is 4.55 Å². The zero-order valence-corrected chi connectivity index (χ0v) is 10.5. The van der Waals surface area contributed by atoms with E-state index in [4.69, 9.17) is 0 Å². The van der Waals surface area contributed by atoms with Crippen molar-refractivity contribution >= 4 is 21.0 Å². The zero-order valence-electron chi connectivity index (χ0n) is 8.83. The van der Waals surface area contributed by atoms with E-state index in [9.17, 15) is 13.0 Å². The van der Waals surface area contributed by atoms with Crippen LogP contribution in [0.5, 0.6) is 0 Å². The Morgan fingerprint density at radius 3 is 2.62 bits per heavy atom. The zero-order chi connectivity index (χ0) is 11.6. The van der Waals surface area contributed by atoms with Crippen LogP contribution in [0.3, 0.4) is 0 Å². The van der Waals surface area contributed by atoms with Crippen LogP contribution >= 0.6 is 0 Å². The molecule has 1 aliphatic heterocycles. The van der Waals surface area contributed by atoms with E-state index in [1.165, 1.54) is 0 Å². The molecular formula is C11H14O3S2. The molecule has 0 saturated carbocycles. The summed E-state index contributed by atoms with van der Waals surface area (Å²) in [5.74, 6) is 1.61. The van der Waals surface area contributed by atoms with E-state index < -0.39 is 14.7 Å². The van der Waals surface area contributed by atoms with E-state index in [-0.39, 0.29) is 10.9 Å². The maximum absolute atomic E-state index is 11.1. The highest BCUT2D eigenvalue weighted by Gasteiger charge is 2.40. The van der Waals surface area contributed by atoms with E-state index in [1.807, 2.05) is 30.3 Å². The molecule has 2 unspecified atom stereocenters. The van der Waals surface area contributed by atoms with Crippen molar-refractivity contribution in [3.63, 3.8) is 0 Å². The molecule has 2 atom stereocenters. The maximum atomic E-state index is 11.1. The third kappa shape index (κ3) is 2.78. The SMILES string of the molecule is O=S(=O)([O-])C1CCC[S+]1Cc1ccccc1. The summed E-state index contributed by atoms with van der Waals surface area (Å²) < 4.78 is 32.6. The summed E-state index contributed by atoms with van der Waals surface area (Å²) in [4.78, 5) is 0. The Kier molecular flexibility index (Phi) is 3.56. The van der Waals surface area contributed by atoms with Gasteiger partial charge in [-0.3, -0.25) is 0 Å². The molecule has 1 heterocycles. The van der Waals surface area contributed by atoms with Crippen LogP contribution in [0.15, 0.2) is 30.3 Å². The lowest BCUT2D eigenvalue weighted by Gasteiger charge is -2.15. The molecule has 0 spiro atoms. The van der Waals surface area contributed by atoms with Gasteiger partial charge in [0.05, 0.1) is 0 Å². The fourth-order valence-corrected chi connectivity index (χ4v) is 6.53. The van der Waals surface area contributed by atoms with Gasteiger partial charge in [0.15, 0.2) is 0 Å². The van der Waals surface area contributed by atoms with Crippen molar-refractivity contribution in [2.75, 3.05) is 5.75 Å². The van der Waals surface area contributed by atoms with Crippen molar-refractivity contribution in [3.05, 3.63) is 35.9 Å². The third-order valence-corrected chi connectivity index (χ3v) is 7.63. The topological polar surface area (TPSA) is 57.2 Å². The molecule has 3 nitrogen and oxygen atoms in total. The summed E-state index contributed by atoms with van der Waals surface area (Å²) >= 11 is 0. The lowest BCUT2D eigenvalue weighted by molar-refractivity contribution is 0.458. The highest BCUT2D eigenvalue weighted by atomic mass is 32.3. The lowest BCUT2D eigenvalue weighted by Crippen LogP contribution is -2.27. The van der Waals surface area contributed by atoms with Crippen LogP contribution in [-0.4, -0.2) is 23.3 Å². The fraction of sp³-hybridized carbons (Fsp3) is 0.455. The van der Waals surface area contributed by atoms with Gasteiger partial charge in [0.25, 0.3) is 0 Å². The van der Waals surface area contributed by atoms with Crippen LogP contribution in [0.2, 0.25) is 0 Å². The number of hydrogen-bond acceptors (Lipinski definition) is 3. The average molecular weight is 258 g/mol. The van der Waals surface area contributed by atoms with Gasteiger partial charge in [0.2, 0.25) is 4.58 Å². The van der Waals surface area contributed by atoms with Crippen molar-refractivity contribution in [2.24, 2.45) is 0 Å². The highest BCUT2D eigenvalue weighted by molar-refractivity contribution is 8.09. The Bertz CT molecular complexity index is 442. The van der Waals surface area contributed by atoms with E-state index in [2.05, 4.69) is 0 Å². The minimum absolute atomic E-state index is 0.286. The molecule has 2 rings (SSSR count). The minimum Gasteiger partial charge on any atom is -0.744 e. The van der Waals surface area contributed by atoms with Gasteiger partial charge in [-0.2, -0.15) is 0 Å². The largest absolute Gasteiger partial charge is 0.744 e. The minimum atomic E-state index is -4.11. The molecule has 16 heavy (non-hydrogen) atoms. The molecular weight excluding hydrogens is 244 g/mol. The Hall–Kier alpha value is -0.520. The molecule has 1 aliphatic rings. The predicted octanol–water partition coefficient (Wildman–Crippen LogP) is 1.47. The normalized spacial score (nSPS) is 25.8. The summed E-state index contributed by atoms with van der Waals surface area (Å²) in [6, 6.07) is 9.79. The molecule has 1 fully saturated rings. The Morgan fingerprint density at radius 1 is 1.31 bits per heavy atom. The number of hydrogen-bond donors (Lipinski definition) is 0. The molecule has 88 valence electrons. The van der Waals surface area contributed by atoms with Crippen LogP contribution in [0.4, 0.5) is 0 Å². The average Bonchev–Trinajstić information content (AvgIpc) is 2.67. The first kappa shape index (κ1) is 12.0. The first-order valence-corrected chi connectivity index (χ1v) is 8.32. The molecule has 0 amide bonds. The first-order valence-electron chi connectivity index (χ1n) is 5.22. The van der Waals surface area contributed by atoms with Crippen molar-refractivity contribution in [1.82, 2.24) is 0 Å². The van der Waals surface area contributed by atoms with Gasteiger partial charge in [-0.15, -0.1) is 0 Å². The van der Waals surface area contributed by atoms with Crippen LogP contribution in [-0.2, 0) is 26.8 Å². The number of benzene rings is 1. The summed E-state index contributed by atoms with van der Waals surface area (Å²) in [5.41, 5.74) is 1.13. The second kappa shape index (κ2) is 4.77. The molecule has 0 aromatic heterocycles. The lowest BCUT2D eigenvalue weighted by atomic mass is 10.2. The van der Waals surface area contributed by atoms with Crippen molar-refractivity contribution < 1.29 is 13.0 Å². The molecule has 5 heteroatoms. The van der Waals surface area contributed by atoms with Crippen LogP contribution < -0.4 is 0 Å². The molecule has 0 bridgehead atoms. The monoisotopic (exact) mass is 258 g/mol. The Morgan fingerprint density at radius 2 is 2.00 bits per heavy atom. The molecule has 0 N–H and O–H groups in total. The summed E-state index contributed by atoms with van der Waals surface area (Å²) in [7, 11) is -4.40. The van der Waals surface area contributed by atoms with Crippen molar-refractivity contribution in [3.8, 4) is 0 Å². The fourth-order valence-electron chi connectivity index (χ4n) is 2.00. The highest BCUT2D eigenvalue weighted by Crippen LogP contribution is 2.29. The van der Waals surface area contributed by atoms with Gasteiger partial charge in [-0.05, 0) is 6.42 Å². The second-order valence-corrected chi connectivity index (χ2v) is 8.13. The third-order valence-electron chi connectivity index (χ3n) is 2.73. The van der Waals surface area contributed by atoms with Crippen LogP contribution in [0, 0.1) is 0 Å². The summed E-state index contributed by atoms with van der Waals surface area (Å²) in [6.45, 7) is 0. The molecule has 1 saturated heterocycles. The summed E-state index contributed by atoms with van der Waals surface area (Å²) in [5, 5.41) is 0. The second-order valence-electron chi connectivity index (χ2n) is 3.94.